The quantitative estimate of drug-likeness (QED) is 0.699. The number of carbonyl (C=O) groups excluding carboxylic acids is 2. The number of hydrogen-bond donors (Lipinski definition) is 0. The lowest BCUT2D eigenvalue weighted by molar-refractivity contribution is -0.169. The second kappa shape index (κ2) is 7.24. The summed E-state index contributed by atoms with van der Waals surface area (Å²) in [5, 5.41) is 0. The molecule has 2 aliphatic carbocycles. The first-order valence-electron chi connectivity index (χ1n) is 9.55. The minimum atomic E-state index is -4.85. The van der Waals surface area contributed by atoms with E-state index in [0.717, 1.165) is 19.3 Å². The molecule has 1 unspecified atom stereocenters. The average Bonchev–Trinajstić information content (AvgIpc) is 2.60. The van der Waals surface area contributed by atoms with Gasteiger partial charge in [-0.1, -0.05) is 19.3 Å². The molecule has 26 heavy (non-hydrogen) atoms. The molecule has 0 radical (unpaired) electrons. The topological polar surface area (TPSA) is 46.6 Å². The Hall–Kier alpha value is -1.53. The molecule has 4 nitrogen and oxygen atoms in total. The maximum Gasteiger partial charge on any atom is 0.454 e. The Kier molecular flexibility index (Phi) is 5.35. The third-order valence-corrected chi connectivity index (χ3v) is 6.04. The van der Waals surface area contributed by atoms with E-state index in [0.29, 0.717) is 57.5 Å². The van der Waals surface area contributed by atoms with Gasteiger partial charge in [0.1, 0.15) is 0 Å². The molecule has 7 heteroatoms. The summed E-state index contributed by atoms with van der Waals surface area (Å²) in [5.41, 5.74) is -0.103. The van der Waals surface area contributed by atoms with Gasteiger partial charge in [0.05, 0.1) is 12.5 Å². The number of halogens is 3. The van der Waals surface area contributed by atoms with Crippen LogP contribution in [0.1, 0.15) is 58.3 Å². The Labute approximate surface area is 151 Å². The molecule has 0 aromatic heterocycles. The van der Waals surface area contributed by atoms with Crippen LogP contribution in [0.2, 0.25) is 0 Å². The van der Waals surface area contributed by atoms with E-state index in [4.69, 9.17) is 4.74 Å². The summed E-state index contributed by atoms with van der Waals surface area (Å²) in [6, 6.07) is 0. The number of allylic oxidation sites excluding steroid dienone is 2. The molecule has 3 aliphatic rings. The molecule has 3 rings (SSSR count). The Bertz CT molecular complexity index is 606. The van der Waals surface area contributed by atoms with E-state index in [1.165, 1.54) is 0 Å². The predicted molar refractivity (Wildman–Crippen MR) is 89.2 cm³/mol. The van der Waals surface area contributed by atoms with Crippen molar-refractivity contribution >= 4 is 11.8 Å². The molecular weight excluding hydrogens is 347 g/mol. The second-order valence-corrected chi connectivity index (χ2v) is 7.70. The molecule has 146 valence electrons. The molecule has 0 aromatic carbocycles. The van der Waals surface area contributed by atoms with E-state index >= 15 is 0 Å². The Morgan fingerprint density at radius 2 is 1.88 bits per heavy atom. The second-order valence-electron chi connectivity index (χ2n) is 7.70. The number of nitrogens with zero attached hydrogens (tertiary/aromatic N) is 1. The molecule has 0 N–H and O–H groups in total. The number of ether oxygens (including phenoxy) is 1. The molecule has 1 heterocycles. The average molecular weight is 373 g/mol. The van der Waals surface area contributed by atoms with Gasteiger partial charge in [0.2, 0.25) is 0 Å². The zero-order chi connectivity index (χ0) is 18.9. The molecule has 0 bridgehead atoms. The molecule has 0 amide bonds. The fraction of sp³-hybridized carbons (Fsp3) is 0.789. The van der Waals surface area contributed by atoms with Crippen LogP contribution in [0, 0.1) is 11.3 Å². The largest absolute Gasteiger partial charge is 0.466 e. The highest BCUT2D eigenvalue weighted by Gasteiger charge is 2.56. The van der Waals surface area contributed by atoms with Crippen LogP contribution in [0.3, 0.4) is 0 Å². The third-order valence-electron chi connectivity index (χ3n) is 6.04. The van der Waals surface area contributed by atoms with Crippen LogP contribution in [-0.4, -0.2) is 42.5 Å². The lowest BCUT2D eigenvalue weighted by Crippen LogP contribution is -2.50. The highest BCUT2D eigenvalue weighted by atomic mass is 19.4. The van der Waals surface area contributed by atoms with Crippen molar-refractivity contribution in [3.8, 4) is 0 Å². The highest BCUT2D eigenvalue weighted by Crippen LogP contribution is 2.58. The minimum Gasteiger partial charge on any atom is -0.466 e. The maximum atomic E-state index is 13.2. The highest BCUT2D eigenvalue weighted by molar-refractivity contribution is 6.03. The van der Waals surface area contributed by atoms with E-state index in [2.05, 4.69) is 0 Å². The van der Waals surface area contributed by atoms with Crippen LogP contribution in [0.4, 0.5) is 13.2 Å². The molecule has 1 atom stereocenters. The number of esters is 1. The zero-order valence-corrected chi connectivity index (χ0v) is 15.2. The summed E-state index contributed by atoms with van der Waals surface area (Å²) in [6.45, 7) is 2.97. The van der Waals surface area contributed by atoms with Crippen LogP contribution in [0.5, 0.6) is 0 Å². The minimum absolute atomic E-state index is 0.0193. The van der Waals surface area contributed by atoms with Crippen molar-refractivity contribution in [3.63, 3.8) is 0 Å². The standard InChI is InChI=1S/C19H26F3NO3/c1-2-26-17(25)13-7-6-10-23(12-13)14-11-18(8-4-3-5-9-18)15(14)16(24)19(20,21)22/h13H,2-12H2,1H3. The lowest BCUT2D eigenvalue weighted by Gasteiger charge is -2.52. The number of piperidine rings is 1. The molecular formula is C19H26F3NO3. The number of hydrogen-bond acceptors (Lipinski definition) is 4. The van der Waals surface area contributed by atoms with Gasteiger partial charge in [-0.25, -0.2) is 0 Å². The summed E-state index contributed by atoms with van der Waals surface area (Å²) in [4.78, 5) is 26.1. The van der Waals surface area contributed by atoms with E-state index in [1.807, 2.05) is 4.90 Å². The van der Waals surface area contributed by atoms with Gasteiger partial charge in [0.15, 0.2) is 0 Å². The summed E-state index contributed by atoms with van der Waals surface area (Å²) in [5.74, 6) is -2.31. The Morgan fingerprint density at radius 1 is 1.19 bits per heavy atom. The van der Waals surface area contributed by atoms with Crippen LogP contribution < -0.4 is 0 Å². The van der Waals surface area contributed by atoms with Crippen LogP contribution in [0.15, 0.2) is 11.3 Å². The summed E-state index contributed by atoms with van der Waals surface area (Å²) in [6.07, 6.45) is 1.14. The fourth-order valence-electron chi connectivity index (χ4n) is 4.81. The Morgan fingerprint density at radius 3 is 2.50 bits per heavy atom. The van der Waals surface area contributed by atoms with Crippen molar-refractivity contribution in [1.82, 2.24) is 4.90 Å². The maximum absolute atomic E-state index is 13.2. The SMILES string of the molecule is CCOC(=O)C1CCCN(C2=C(C(=O)C(F)(F)F)C3(CCCCC3)C2)C1. The Balaban J connectivity index is 1.86. The van der Waals surface area contributed by atoms with Gasteiger partial charge >= 0.3 is 12.1 Å². The van der Waals surface area contributed by atoms with Crippen molar-refractivity contribution in [2.75, 3.05) is 19.7 Å². The van der Waals surface area contributed by atoms with E-state index in [1.54, 1.807) is 6.92 Å². The third kappa shape index (κ3) is 3.49. The van der Waals surface area contributed by atoms with Gasteiger partial charge in [-0.2, -0.15) is 13.2 Å². The molecule has 1 aliphatic heterocycles. The predicted octanol–water partition coefficient (Wildman–Crippen LogP) is 4.00. The summed E-state index contributed by atoms with van der Waals surface area (Å²) >= 11 is 0. The molecule has 2 fully saturated rings. The number of rotatable bonds is 4. The van der Waals surface area contributed by atoms with Crippen LogP contribution >= 0.6 is 0 Å². The van der Waals surface area contributed by atoms with Crippen molar-refractivity contribution in [2.45, 2.75) is 64.5 Å². The first-order chi connectivity index (χ1) is 12.3. The van der Waals surface area contributed by atoms with Gasteiger partial charge in [-0.05, 0) is 39.0 Å². The van der Waals surface area contributed by atoms with Gasteiger partial charge in [0, 0.05) is 29.8 Å². The van der Waals surface area contributed by atoms with Gasteiger partial charge in [-0.3, -0.25) is 9.59 Å². The van der Waals surface area contributed by atoms with E-state index in [-0.39, 0.29) is 17.5 Å². The normalized spacial score (nSPS) is 25.8. The van der Waals surface area contributed by atoms with E-state index in [9.17, 15) is 22.8 Å². The first-order valence-corrected chi connectivity index (χ1v) is 9.55. The zero-order valence-electron chi connectivity index (χ0n) is 15.2. The van der Waals surface area contributed by atoms with Gasteiger partial charge < -0.3 is 9.64 Å². The number of alkyl halides is 3. The van der Waals surface area contributed by atoms with E-state index < -0.39 is 17.4 Å². The number of likely N-dealkylation sites (tertiary alicyclic amines) is 1. The van der Waals surface area contributed by atoms with Gasteiger partial charge in [0.25, 0.3) is 5.78 Å². The first kappa shape index (κ1) is 19.2. The monoisotopic (exact) mass is 373 g/mol. The molecule has 1 saturated heterocycles. The number of Topliss-reactive ketones (excluding diaryl/α,β-unsaturated/α-hetero) is 1. The molecule has 1 saturated carbocycles. The fourth-order valence-corrected chi connectivity index (χ4v) is 4.81. The lowest BCUT2D eigenvalue weighted by atomic mass is 9.57. The van der Waals surface area contributed by atoms with Crippen molar-refractivity contribution in [2.24, 2.45) is 11.3 Å². The van der Waals surface area contributed by atoms with Crippen molar-refractivity contribution < 1.29 is 27.5 Å². The number of carbonyl (C=O) groups is 2. The van der Waals surface area contributed by atoms with Crippen molar-refractivity contribution in [1.29, 1.82) is 0 Å². The molecule has 1 spiro atoms. The molecule has 0 aromatic rings. The van der Waals surface area contributed by atoms with Crippen molar-refractivity contribution in [3.05, 3.63) is 11.3 Å². The smallest absolute Gasteiger partial charge is 0.454 e. The summed E-state index contributed by atoms with van der Waals surface area (Å²) < 4.78 is 44.8. The van der Waals surface area contributed by atoms with Crippen LogP contribution in [0.25, 0.3) is 0 Å². The van der Waals surface area contributed by atoms with Gasteiger partial charge in [-0.15, -0.1) is 0 Å². The van der Waals surface area contributed by atoms with Crippen LogP contribution in [-0.2, 0) is 14.3 Å². The number of ketones is 1. The summed E-state index contributed by atoms with van der Waals surface area (Å²) in [7, 11) is 0.